The Hall–Kier alpha value is -1.94. The zero-order valence-electron chi connectivity index (χ0n) is 66.5. The first-order chi connectivity index (χ1) is 48.7. The van der Waals surface area contributed by atoms with E-state index < -0.39 is 97.5 Å². The van der Waals surface area contributed by atoms with Gasteiger partial charge in [-0.1, -0.05) is 370 Å². The molecule has 0 bridgehead atoms. The number of esters is 4. The van der Waals surface area contributed by atoms with Gasteiger partial charge in [0.2, 0.25) is 0 Å². The molecule has 0 radical (unpaired) electrons. The van der Waals surface area contributed by atoms with Gasteiger partial charge < -0.3 is 33.8 Å². The maximum Gasteiger partial charge on any atom is 0.472 e. The van der Waals surface area contributed by atoms with Crippen molar-refractivity contribution in [3.63, 3.8) is 0 Å². The summed E-state index contributed by atoms with van der Waals surface area (Å²) < 4.78 is 68.7. The Morgan fingerprint density at radius 2 is 0.475 bits per heavy atom. The highest BCUT2D eigenvalue weighted by atomic mass is 31.2. The predicted molar refractivity (Wildman–Crippen MR) is 414 cm³/mol. The standard InChI is InChI=1S/C82H160O17P2/c1-9-74(7)60-52-44-36-28-24-20-17-18-21-25-29-38-46-54-62-79(84)92-68-77(99-82(87)65-57-49-40-32-31-37-45-53-61-75(8)10-2)70-96-100(88,89)94-66-76(83)67-95-101(90,91)97-71-78(69-93-80(85)63-55-47-41-33-35-43-51-59-73(5)6)98-81(86)64-56-48-39-30-26-22-16-14-12-11-13-15-19-23-27-34-42-50-58-72(3)4/h72-78,83H,9-71H2,1-8H3,(H,88,89)(H,90,91)/t74?,75?,76?,77-,78-/m1/s1. The first-order valence-electron chi connectivity index (χ1n) is 42.3. The average Bonchev–Trinajstić information content (AvgIpc) is 0.933. The Bertz CT molecular complexity index is 1980. The molecule has 0 aliphatic rings. The minimum Gasteiger partial charge on any atom is -0.462 e. The van der Waals surface area contributed by atoms with Gasteiger partial charge in [-0.3, -0.25) is 37.3 Å². The van der Waals surface area contributed by atoms with Crippen molar-refractivity contribution in [2.75, 3.05) is 39.6 Å². The van der Waals surface area contributed by atoms with Crippen molar-refractivity contribution in [2.24, 2.45) is 23.7 Å². The zero-order valence-corrected chi connectivity index (χ0v) is 68.3. The molecule has 7 atom stereocenters. The fourth-order valence-electron chi connectivity index (χ4n) is 12.5. The second-order valence-corrected chi connectivity index (χ2v) is 33.9. The smallest absolute Gasteiger partial charge is 0.462 e. The first-order valence-corrected chi connectivity index (χ1v) is 45.3. The average molecular weight is 1480 g/mol. The van der Waals surface area contributed by atoms with Gasteiger partial charge in [0, 0.05) is 25.7 Å². The van der Waals surface area contributed by atoms with Crippen LogP contribution in [0, 0.1) is 23.7 Å². The van der Waals surface area contributed by atoms with Gasteiger partial charge in [-0.15, -0.1) is 0 Å². The molecule has 600 valence electrons. The van der Waals surface area contributed by atoms with E-state index in [-0.39, 0.29) is 25.7 Å². The highest BCUT2D eigenvalue weighted by Crippen LogP contribution is 2.45. The lowest BCUT2D eigenvalue weighted by Gasteiger charge is -2.21. The van der Waals surface area contributed by atoms with Crippen LogP contribution in [0.3, 0.4) is 0 Å². The minimum atomic E-state index is -4.96. The van der Waals surface area contributed by atoms with E-state index in [1.807, 2.05) is 0 Å². The van der Waals surface area contributed by atoms with E-state index in [0.29, 0.717) is 31.6 Å². The number of carbonyl (C=O) groups is 4. The normalized spacial score (nSPS) is 14.5. The van der Waals surface area contributed by atoms with Crippen LogP contribution < -0.4 is 0 Å². The third-order valence-electron chi connectivity index (χ3n) is 19.8. The van der Waals surface area contributed by atoms with Crippen LogP contribution in [-0.4, -0.2) is 96.7 Å². The fourth-order valence-corrected chi connectivity index (χ4v) is 14.1. The zero-order chi connectivity index (χ0) is 74.6. The number of phosphoric acid groups is 2. The van der Waals surface area contributed by atoms with Gasteiger partial charge in [0.05, 0.1) is 26.4 Å². The van der Waals surface area contributed by atoms with Gasteiger partial charge in [-0.25, -0.2) is 9.13 Å². The highest BCUT2D eigenvalue weighted by Gasteiger charge is 2.30. The monoisotopic (exact) mass is 1480 g/mol. The van der Waals surface area contributed by atoms with Gasteiger partial charge in [-0.2, -0.15) is 0 Å². The molecule has 0 saturated carbocycles. The molecule has 17 nitrogen and oxygen atoms in total. The first kappa shape index (κ1) is 99.1. The molecule has 3 N–H and O–H groups in total. The molecule has 0 fully saturated rings. The SMILES string of the molecule is CCC(C)CCCCCCCCCCCCCCCCC(=O)OC[C@H](COP(=O)(O)OCC(O)COP(=O)(O)OC[C@@H](COC(=O)CCCCCCCCCC(C)C)OC(=O)CCCCCCCCCCCCCCCCCCCCC(C)C)OC(=O)CCCCCCCCCCC(C)CC. The van der Waals surface area contributed by atoms with E-state index in [1.54, 1.807) is 0 Å². The molecule has 5 unspecified atom stereocenters. The number of aliphatic hydroxyl groups excluding tert-OH is 1. The Morgan fingerprint density at radius 1 is 0.277 bits per heavy atom. The van der Waals surface area contributed by atoms with E-state index >= 15 is 0 Å². The summed E-state index contributed by atoms with van der Waals surface area (Å²) in [6.07, 6.45) is 58.4. The van der Waals surface area contributed by atoms with Crippen LogP contribution in [0.4, 0.5) is 0 Å². The molecule has 101 heavy (non-hydrogen) atoms. The van der Waals surface area contributed by atoms with Gasteiger partial charge in [0.25, 0.3) is 0 Å². The van der Waals surface area contributed by atoms with Crippen LogP contribution in [0.2, 0.25) is 0 Å². The highest BCUT2D eigenvalue weighted by molar-refractivity contribution is 7.47. The molecule has 0 aromatic carbocycles. The lowest BCUT2D eigenvalue weighted by molar-refractivity contribution is -0.161. The van der Waals surface area contributed by atoms with Crippen molar-refractivity contribution in [1.29, 1.82) is 0 Å². The Morgan fingerprint density at radius 3 is 0.703 bits per heavy atom. The summed E-state index contributed by atoms with van der Waals surface area (Å²) in [6.45, 7) is 14.3. The summed E-state index contributed by atoms with van der Waals surface area (Å²) in [5.74, 6) is 1.03. The largest absolute Gasteiger partial charge is 0.472 e. The van der Waals surface area contributed by atoms with Crippen molar-refractivity contribution < 1.29 is 80.2 Å². The van der Waals surface area contributed by atoms with Gasteiger partial charge in [-0.05, 0) is 49.4 Å². The van der Waals surface area contributed by atoms with E-state index in [0.717, 1.165) is 114 Å². The van der Waals surface area contributed by atoms with Gasteiger partial charge in [0.1, 0.15) is 19.3 Å². The summed E-state index contributed by atoms with van der Waals surface area (Å²) in [7, 11) is -9.92. The molecule has 0 aliphatic carbocycles. The molecule has 0 spiro atoms. The van der Waals surface area contributed by atoms with Crippen LogP contribution in [0.15, 0.2) is 0 Å². The van der Waals surface area contributed by atoms with Crippen molar-refractivity contribution in [3.05, 3.63) is 0 Å². The van der Waals surface area contributed by atoms with E-state index in [9.17, 15) is 43.2 Å². The van der Waals surface area contributed by atoms with Crippen LogP contribution in [0.1, 0.15) is 421 Å². The third kappa shape index (κ3) is 73.4. The number of hydrogen-bond acceptors (Lipinski definition) is 15. The van der Waals surface area contributed by atoms with Crippen molar-refractivity contribution in [3.8, 4) is 0 Å². The Kier molecular flexibility index (Phi) is 69.6. The molecule has 0 heterocycles. The second-order valence-electron chi connectivity index (χ2n) is 31.0. The van der Waals surface area contributed by atoms with Crippen LogP contribution in [0.5, 0.6) is 0 Å². The Labute approximate surface area is 619 Å². The molecule has 0 saturated heterocycles. The van der Waals surface area contributed by atoms with Gasteiger partial charge >= 0.3 is 39.5 Å². The lowest BCUT2D eigenvalue weighted by atomic mass is 9.99. The number of unbranched alkanes of at least 4 members (excludes halogenated alkanes) is 43. The van der Waals surface area contributed by atoms with Crippen molar-refractivity contribution >= 4 is 39.5 Å². The molecular weight excluding hydrogens is 1320 g/mol. The number of phosphoric ester groups is 2. The maximum atomic E-state index is 13.1. The summed E-state index contributed by atoms with van der Waals surface area (Å²) in [5.41, 5.74) is 0. The summed E-state index contributed by atoms with van der Waals surface area (Å²) in [6, 6.07) is 0. The predicted octanol–water partition coefficient (Wildman–Crippen LogP) is 24.4. The molecule has 0 aromatic heterocycles. The number of rotatable bonds is 79. The van der Waals surface area contributed by atoms with Crippen LogP contribution in [-0.2, 0) is 65.4 Å². The number of hydrogen-bond donors (Lipinski definition) is 3. The lowest BCUT2D eigenvalue weighted by Crippen LogP contribution is -2.30. The van der Waals surface area contributed by atoms with E-state index in [4.69, 9.17) is 37.0 Å². The molecule has 0 aliphatic heterocycles. The minimum absolute atomic E-state index is 0.105. The number of carbonyl (C=O) groups excluding carboxylic acids is 4. The fraction of sp³-hybridized carbons (Fsp3) is 0.951. The quantitative estimate of drug-likeness (QED) is 0.0222. The van der Waals surface area contributed by atoms with E-state index in [1.165, 1.54) is 218 Å². The van der Waals surface area contributed by atoms with Gasteiger partial charge in [0.15, 0.2) is 12.2 Å². The summed E-state index contributed by atoms with van der Waals surface area (Å²) >= 11 is 0. The molecule has 0 rings (SSSR count). The summed E-state index contributed by atoms with van der Waals surface area (Å²) in [4.78, 5) is 73.0. The number of aliphatic hydroxyl groups is 1. The molecule has 19 heteroatoms. The number of ether oxygens (including phenoxy) is 4. The molecular formula is C82H160O17P2. The maximum absolute atomic E-state index is 13.1. The molecule has 0 aromatic rings. The van der Waals surface area contributed by atoms with Crippen LogP contribution >= 0.6 is 15.6 Å². The van der Waals surface area contributed by atoms with Crippen LogP contribution in [0.25, 0.3) is 0 Å². The van der Waals surface area contributed by atoms with E-state index in [2.05, 4.69) is 55.4 Å². The topological polar surface area (TPSA) is 237 Å². The summed E-state index contributed by atoms with van der Waals surface area (Å²) in [5, 5.41) is 10.6. The Balaban J connectivity index is 5.18. The van der Waals surface area contributed by atoms with Crippen molar-refractivity contribution in [2.45, 2.75) is 440 Å². The molecule has 0 amide bonds. The third-order valence-corrected chi connectivity index (χ3v) is 21.7. The van der Waals surface area contributed by atoms with Crippen molar-refractivity contribution in [1.82, 2.24) is 0 Å². The second kappa shape index (κ2) is 71.0.